The van der Waals surface area contributed by atoms with Crippen molar-refractivity contribution in [2.24, 2.45) is 5.14 Å². The largest absolute Gasteiger partial charge is 0.384 e. The number of anilines is 1. The number of rotatable bonds is 1. The number of nitrogens with two attached hydrogens (primary N) is 1. The fourth-order valence-electron chi connectivity index (χ4n) is 1.42. The van der Waals surface area contributed by atoms with E-state index in [1.54, 1.807) is 0 Å². The maximum Gasteiger partial charge on any atom is 0.0385 e. The summed E-state index contributed by atoms with van der Waals surface area (Å²) in [5, 5.41) is 8.82. The molecular weight excluding hydrogens is 156 g/mol. The summed E-state index contributed by atoms with van der Waals surface area (Å²) in [6, 6.07) is 6.20. The van der Waals surface area contributed by atoms with Crippen LogP contribution in [0, 0.1) is 0 Å². The summed E-state index contributed by atoms with van der Waals surface area (Å²) in [4.78, 5) is 1.20. The summed E-state index contributed by atoms with van der Waals surface area (Å²) in [7, 11) is 0. The third-order valence-electron chi connectivity index (χ3n) is 1.95. The van der Waals surface area contributed by atoms with E-state index >= 15 is 0 Å². The molecule has 0 aromatic heterocycles. The van der Waals surface area contributed by atoms with Crippen molar-refractivity contribution in [3.05, 3.63) is 23.8 Å². The van der Waals surface area contributed by atoms with Gasteiger partial charge in [-0.25, -0.2) is 0 Å². The van der Waals surface area contributed by atoms with Crippen molar-refractivity contribution >= 4 is 17.6 Å². The Labute approximate surface area is 70.3 Å². The molecule has 0 unspecified atom stereocenters. The number of nitrogens with one attached hydrogen (secondary N) is 1. The van der Waals surface area contributed by atoms with E-state index < -0.39 is 0 Å². The highest BCUT2D eigenvalue weighted by atomic mass is 32.2. The van der Waals surface area contributed by atoms with Crippen molar-refractivity contribution in [3.8, 4) is 0 Å². The molecule has 2 rings (SSSR count). The van der Waals surface area contributed by atoms with Gasteiger partial charge >= 0.3 is 0 Å². The molecule has 1 heterocycles. The number of fused-ring (bicyclic) bond motifs is 1. The molecule has 0 saturated heterocycles. The Bertz CT molecular complexity index is 273. The first-order valence-corrected chi connectivity index (χ1v) is 4.52. The van der Waals surface area contributed by atoms with Gasteiger partial charge in [-0.05, 0) is 36.1 Å². The molecule has 0 spiro atoms. The van der Waals surface area contributed by atoms with E-state index in [0.717, 1.165) is 13.0 Å². The molecule has 0 atom stereocenters. The molecule has 0 radical (unpaired) electrons. The molecule has 3 N–H and O–H groups in total. The van der Waals surface area contributed by atoms with Gasteiger partial charge in [0.05, 0.1) is 0 Å². The van der Waals surface area contributed by atoms with Crippen molar-refractivity contribution in [3.63, 3.8) is 0 Å². The molecule has 0 aliphatic carbocycles. The molecule has 0 fully saturated rings. The van der Waals surface area contributed by atoms with Crippen LogP contribution in [0.25, 0.3) is 0 Å². The van der Waals surface area contributed by atoms with Gasteiger partial charge in [0, 0.05) is 17.1 Å². The second kappa shape index (κ2) is 2.75. The minimum Gasteiger partial charge on any atom is -0.384 e. The molecule has 0 amide bonds. The maximum atomic E-state index is 5.51. The predicted molar refractivity (Wildman–Crippen MR) is 48.7 cm³/mol. The van der Waals surface area contributed by atoms with Crippen LogP contribution in [-0.2, 0) is 6.42 Å². The van der Waals surface area contributed by atoms with Crippen LogP contribution in [-0.4, -0.2) is 6.54 Å². The van der Waals surface area contributed by atoms with Crippen molar-refractivity contribution < 1.29 is 0 Å². The Morgan fingerprint density at radius 2 is 2.36 bits per heavy atom. The summed E-state index contributed by atoms with van der Waals surface area (Å²) >= 11 is 1.33. The summed E-state index contributed by atoms with van der Waals surface area (Å²) in [5.41, 5.74) is 2.63. The fraction of sp³-hybridized carbons (Fsp3) is 0.250. The van der Waals surface area contributed by atoms with Gasteiger partial charge in [0.1, 0.15) is 0 Å². The molecule has 1 aliphatic heterocycles. The first kappa shape index (κ1) is 7.00. The smallest absolute Gasteiger partial charge is 0.0385 e. The van der Waals surface area contributed by atoms with Crippen LogP contribution in [0.3, 0.4) is 0 Å². The highest BCUT2D eigenvalue weighted by molar-refractivity contribution is 7.97. The predicted octanol–water partition coefficient (Wildman–Crippen LogP) is 1.62. The van der Waals surface area contributed by atoms with Crippen molar-refractivity contribution in [2.45, 2.75) is 11.3 Å². The van der Waals surface area contributed by atoms with Crippen molar-refractivity contribution in [1.29, 1.82) is 0 Å². The van der Waals surface area contributed by atoms with Crippen molar-refractivity contribution in [1.82, 2.24) is 0 Å². The van der Waals surface area contributed by atoms with Crippen LogP contribution in [0.5, 0.6) is 0 Å². The minimum absolute atomic E-state index is 1.05. The van der Waals surface area contributed by atoms with Crippen LogP contribution in [0.15, 0.2) is 23.1 Å². The van der Waals surface area contributed by atoms with E-state index in [-0.39, 0.29) is 0 Å². The lowest BCUT2D eigenvalue weighted by Crippen LogP contribution is -1.90. The van der Waals surface area contributed by atoms with Crippen LogP contribution in [0.2, 0.25) is 0 Å². The molecule has 0 saturated carbocycles. The van der Waals surface area contributed by atoms with Crippen LogP contribution in [0.4, 0.5) is 5.69 Å². The topological polar surface area (TPSA) is 38.0 Å². The van der Waals surface area contributed by atoms with Crippen molar-refractivity contribution in [2.75, 3.05) is 11.9 Å². The standard InChI is InChI=1S/C8H10N2S/c9-11-8-3-1-2-7-6(8)4-5-10-7/h1-3,10H,4-5,9H2. The fourth-order valence-corrected chi connectivity index (χ4v) is 1.93. The molecule has 1 aromatic rings. The average molecular weight is 166 g/mol. The van der Waals surface area contributed by atoms with E-state index in [9.17, 15) is 0 Å². The monoisotopic (exact) mass is 166 g/mol. The Kier molecular flexibility index (Phi) is 1.75. The minimum atomic E-state index is 1.05. The quantitative estimate of drug-likeness (QED) is 0.623. The third kappa shape index (κ3) is 1.10. The number of benzene rings is 1. The maximum absolute atomic E-state index is 5.51. The molecule has 11 heavy (non-hydrogen) atoms. The van der Waals surface area contributed by atoms with E-state index in [0.29, 0.717) is 0 Å². The molecule has 58 valence electrons. The molecule has 2 nitrogen and oxygen atoms in total. The van der Waals surface area contributed by atoms with Gasteiger partial charge in [-0.15, -0.1) is 0 Å². The molecular formula is C8H10N2S. The van der Waals surface area contributed by atoms with Crippen LogP contribution in [0.1, 0.15) is 5.56 Å². The van der Waals surface area contributed by atoms with Gasteiger partial charge in [0.15, 0.2) is 0 Å². The zero-order valence-corrected chi connectivity index (χ0v) is 6.95. The van der Waals surface area contributed by atoms with E-state index in [1.165, 1.54) is 28.1 Å². The molecule has 1 aromatic carbocycles. The van der Waals surface area contributed by atoms with E-state index in [1.807, 2.05) is 6.07 Å². The van der Waals surface area contributed by atoms with Gasteiger partial charge in [0.25, 0.3) is 0 Å². The first-order chi connectivity index (χ1) is 5.42. The summed E-state index contributed by atoms with van der Waals surface area (Å²) in [6.45, 7) is 1.05. The zero-order chi connectivity index (χ0) is 7.68. The van der Waals surface area contributed by atoms with E-state index in [2.05, 4.69) is 17.4 Å². The lowest BCUT2D eigenvalue weighted by Gasteiger charge is -2.02. The summed E-state index contributed by atoms with van der Waals surface area (Å²) in [6.07, 6.45) is 1.11. The molecule has 1 aliphatic rings. The lowest BCUT2D eigenvalue weighted by molar-refractivity contribution is 1.08. The Morgan fingerprint density at radius 1 is 1.45 bits per heavy atom. The summed E-state index contributed by atoms with van der Waals surface area (Å²) in [5.74, 6) is 0. The second-order valence-corrected chi connectivity index (χ2v) is 3.25. The zero-order valence-electron chi connectivity index (χ0n) is 6.13. The Balaban J connectivity index is 2.50. The second-order valence-electron chi connectivity index (χ2n) is 2.58. The van der Waals surface area contributed by atoms with Crippen LogP contribution >= 0.6 is 11.9 Å². The number of hydrogen-bond donors (Lipinski definition) is 2. The normalized spacial score (nSPS) is 14.3. The van der Waals surface area contributed by atoms with Gasteiger partial charge < -0.3 is 5.32 Å². The Morgan fingerprint density at radius 3 is 3.18 bits per heavy atom. The third-order valence-corrected chi connectivity index (χ3v) is 2.59. The van der Waals surface area contributed by atoms with Gasteiger partial charge in [0.2, 0.25) is 0 Å². The Hall–Kier alpha value is -0.670. The molecule has 0 bridgehead atoms. The summed E-state index contributed by atoms with van der Waals surface area (Å²) < 4.78 is 0. The van der Waals surface area contributed by atoms with Gasteiger partial charge in [-0.3, -0.25) is 5.14 Å². The highest BCUT2D eigenvalue weighted by Crippen LogP contribution is 2.29. The first-order valence-electron chi connectivity index (χ1n) is 3.64. The highest BCUT2D eigenvalue weighted by Gasteiger charge is 2.12. The van der Waals surface area contributed by atoms with Gasteiger partial charge in [-0.1, -0.05) is 6.07 Å². The van der Waals surface area contributed by atoms with E-state index in [4.69, 9.17) is 5.14 Å². The molecule has 3 heteroatoms. The SMILES string of the molecule is NSc1cccc2c1CCN2. The van der Waals surface area contributed by atoms with Gasteiger partial charge in [-0.2, -0.15) is 0 Å². The van der Waals surface area contributed by atoms with Crippen LogP contribution < -0.4 is 10.5 Å². The number of hydrogen-bond acceptors (Lipinski definition) is 3. The lowest BCUT2D eigenvalue weighted by atomic mass is 10.2. The average Bonchev–Trinajstić information content (AvgIpc) is 2.50.